The van der Waals surface area contributed by atoms with Crippen LogP contribution in [0.25, 0.3) is 11.3 Å². The fourth-order valence-corrected chi connectivity index (χ4v) is 2.01. The van der Waals surface area contributed by atoms with Crippen LogP contribution in [-0.4, -0.2) is 15.6 Å². The van der Waals surface area contributed by atoms with Crippen LogP contribution in [0.1, 0.15) is 16.1 Å². The number of anilines is 1. The standard InChI is InChI=1S/C13H11N3O2/c1-16-11(8-5-3-2-4-6-8)9(7-14)10(15)12(16)13(17)18/h2-6H,15H2,1H3,(H,17,18). The maximum absolute atomic E-state index is 11.1. The number of nitrogens with two attached hydrogens (primary N) is 1. The summed E-state index contributed by atoms with van der Waals surface area (Å²) in [6.07, 6.45) is 0. The minimum atomic E-state index is -1.14. The molecule has 90 valence electrons. The van der Waals surface area contributed by atoms with E-state index in [4.69, 9.17) is 16.1 Å². The van der Waals surface area contributed by atoms with Gasteiger partial charge in [-0.15, -0.1) is 0 Å². The van der Waals surface area contributed by atoms with E-state index < -0.39 is 5.97 Å². The second-order valence-electron chi connectivity index (χ2n) is 3.83. The molecule has 0 saturated carbocycles. The first kappa shape index (κ1) is 11.7. The Morgan fingerprint density at radius 2 is 2.00 bits per heavy atom. The van der Waals surface area contributed by atoms with E-state index in [1.165, 1.54) is 4.57 Å². The van der Waals surface area contributed by atoms with Gasteiger partial charge in [-0.3, -0.25) is 0 Å². The second-order valence-corrected chi connectivity index (χ2v) is 3.83. The number of aromatic nitrogens is 1. The Kier molecular flexibility index (Phi) is 2.78. The number of carbonyl (C=O) groups is 1. The molecule has 0 saturated heterocycles. The van der Waals surface area contributed by atoms with Gasteiger partial charge in [-0.1, -0.05) is 30.3 Å². The summed E-state index contributed by atoms with van der Waals surface area (Å²) >= 11 is 0. The Morgan fingerprint density at radius 1 is 1.39 bits per heavy atom. The van der Waals surface area contributed by atoms with Gasteiger partial charge in [0.1, 0.15) is 11.6 Å². The zero-order valence-corrected chi connectivity index (χ0v) is 9.71. The van der Waals surface area contributed by atoms with Gasteiger partial charge in [0, 0.05) is 7.05 Å². The highest BCUT2D eigenvalue weighted by atomic mass is 16.4. The van der Waals surface area contributed by atoms with Crippen LogP contribution in [0.5, 0.6) is 0 Å². The minimum Gasteiger partial charge on any atom is -0.477 e. The Labute approximate surface area is 104 Å². The third-order valence-electron chi connectivity index (χ3n) is 2.79. The number of aromatic carboxylic acids is 1. The molecule has 0 aliphatic heterocycles. The number of hydrogen-bond acceptors (Lipinski definition) is 3. The van der Waals surface area contributed by atoms with E-state index in [0.717, 1.165) is 5.56 Å². The van der Waals surface area contributed by atoms with Crippen molar-refractivity contribution in [2.24, 2.45) is 7.05 Å². The first-order valence-corrected chi connectivity index (χ1v) is 5.25. The summed E-state index contributed by atoms with van der Waals surface area (Å²) in [6, 6.07) is 11.1. The lowest BCUT2D eigenvalue weighted by molar-refractivity contribution is 0.0688. The molecule has 0 fully saturated rings. The van der Waals surface area contributed by atoms with Gasteiger partial charge in [0.25, 0.3) is 0 Å². The predicted molar refractivity (Wildman–Crippen MR) is 66.9 cm³/mol. The third kappa shape index (κ3) is 1.60. The van der Waals surface area contributed by atoms with Crippen LogP contribution in [0.4, 0.5) is 5.69 Å². The Bertz CT molecular complexity index is 651. The summed E-state index contributed by atoms with van der Waals surface area (Å²) in [4.78, 5) is 11.1. The van der Waals surface area contributed by atoms with Crippen molar-refractivity contribution in [3.63, 3.8) is 0 Å². The van der Waals surface area contributed by atoms with Gasteiger partial charge in [-0.2, -0.15) is 5.26 Å². The van der Waals surface area contributed by atoms with Crippen molar-refractivity contribution in [3.05, 3.63) is 41.6 Å². The van der Waals surface area contributed by atoms with Crippen LogP contribution >= 0.6 is 0 Å². The molecule has 1 heterocycles. The summed E-state index contributed by atoms with van der Waals surface area (Å²) in [5.41, 5.74) is 7.15. The van der Waals surface area contributed by atoms with Gasteiger partial charge in [0.2, 0.25) is 0 Å². The summed E-state index contributed by atoms with van der Waals surface area (Å²) in [5.74, 6) is -1.14. The average Bonchev–Trinajstić information content (AvgIpc) is 2.61. The molecule has 2 aromatic rings. The number of carboxylic acids is 1. The van der Waals surface area contributed by atoms with Gasteiger partial charge < -0.3 is 15.4 Å². The number of hydrogen-bond donors (Lipinski definition) is 2. The number of nitrogen functional groups attached to an aromatic ring is 1. The van der Waals surface area contributed by atoms with Crippen molar-refractivity contribution in [1.82, 2.24) is 4.57 Å². The van der Waals surface area contributed by atoms with Crippen LogP contribution in [0.2, 0.25) is 0 Å². The summed E-state index contributed by atoms with van der Waals surface area (Å²) in [6.45, 7) is 0. The molecule has 0 atom stereocenters. The Balaban J connectivity index is 2.81. The predicted octanol–water partition coefficient (Wildman–Crippen LogP) is 1.84. The highest BCUT2D eigenvalue weighted by molar-refractivity contribution is 5.97. The highest BCUT2D eigenvalue weighted by Crippen LogP contribution is 2.32. The molecule has 1 aromatic heterocycles. The second kappa shape index (κ2) is 4.26. The van der Waals surface area contributed by atoms with Crippen molar-refractivity contribution in [2.45, 2.75) is 0 Å². The fourth-order valence-electron chi connectivity index (χ4n) is 2.01. The van der Waals surface area contributed by atoms with Crippen LogP contribution in [0, 0.1) is 11.3 Å². The quantitative estimate of drug-likeness (QED) is 0.839. The monoisotopic (exact) mass is 241 g/mol. The van der Waals surface area contributed by atoms with E-state index in [-0.39, 0.29) is 16.9 Å². The average molecular weight is 241 g/mol. The van der Waals surface area contributed by atoms with E-state index >= 15 is 0 Å². The molecule has 1 aromatic carbocycles. The minimum absolute atomic E-state index is 0.00588. The van der Waals surface area contributed by atoms with E-state index in [1.54, 1.807) is 19.2 Å². The van der Waals surface area contributed by atoms with Crippen LogP contribution < -0.4 is 5.73 Å². The van der Waals surface area contributed by atoms with Gasteiger partial charge in [-0.05, 0) is 5.56 Å². The lowest BCUT2D eigenvalue weighted by Gasteiger charge is -2.05. The third-order valence-corrected chi connectivity index (χ3v) is 2.79. The molecular formula is C13H11N3O2. The van der Waals surface area contributed by atoms with Crippen molar-refractivity contribution in [1.29, 1.82) is 5.26 Å². The highest BCUT2D eigenvalue weighted by Gasteiger charge is 2.23. The molecule has 0 amide bonds. The smallest absolute Gasteiger partial charge is 0.354 e. The van der Waals surface area contributed by atoms with Crippen molar-refractivity contribution in [2.75, 3.05) is 5.73 Å². The van der Waals surface area contributed by atoms with Gasteiger partial charge >= 0.3 is 5.97 Å². The number of carboxylic acid groups (broad SMARTS) is 1. The Morgan fingerprint density at radius 3 is 2.50 bits per heavy atom. The molecule has 0 spiro atoms. The lowest BCUT2D eigenvalue weighted by Crippen LogP contribution is -2.07. The summed E-state index contributed by atoms with van der Waals surface area (Å²) in [5, 5.41) is 18.3. The molecule has 0 aliphatic carbocycles. The first-order valence-electron chi connectivity index (χ1n) is 5.25. The summed E-state index contributed by atoms with van der Waals surface area (Å²) in [7, 11) is 1.59. The zero-order chi connectivity index (χ0) is 13.3. The number of nitrogens with zero attached hydrogens (tertiary/aromatic N) is 2. The largest absolute Gasteiger partial charge is 0.477 e. The molecule has 0 radical (unpaired) electrons. The van der Waals surface area contributed by atoms with E-state index in [0.29, 0.717) is 5.69 Å². The first-order chi connectivity index (χ1) is 8.57. The zero-order valence-electron chi connectivity index (χ0n) is 9.71. The Hall–Kier alpha value is -2.74. The maximum atomic E-state index is 11.1. The summed E-state index contributed by atoms with van der Waals surface area (Å²) < 4.78 is 1.44. The van der Waals surface area contributed by atoms with E-state index in [2.05, 4.69) is 0 Å². The van der Waals surface area contributed by atoms with Crippen LogP contribution in [0.15, 0.2) is 30.3 Å². The molecule has 2 rings (SSSR count). The molecule has 0 aliphatic rings. The molecule has 5 nitrogen and oxygen atoms in total. The van der Waals surface area contributed by atoms with Crippen molar-refractivity contribution in [3.8, 4) is 17.3 Å². The molecule has 0 bridgehead atoms. The molecule has 5 heteroatoms. The SMILES string of the molecule is Cn1c(C(=O)O)c(N)c(C#N)c1-c1ccccc1. The maximum Gasteiger partial charge on any atom is 0.354 e. The molecular weight excluding hydrogens is 230 g/mol. The fraction of sp³-hybridized carbons (Fsp3) is 0.0769. The topological polar surface area (TPSA) is 92.0 Å². The molecule has 18 heavy (non-hydrogen) atoms. The number of nitriles is 1. The van der Waals surface area contributed by atoms with Gasteiger partial charge in [0.05, 0.1) is 11.4 Å². The van der Waals surface area contributed by atoms with Crippen LogP contribution in [-0.2, 0) is 7.05 Å². The van der Waals surface area contributed by atoms with E-state index in [1.807, 2.05) is 24.3 Å². The molecule has 0 unspecified atom stereocenters. The lowest BCUT2D eigenvalue weighted by atomic mass is 10.1. The molecule has 3 N–H and O–H groups in total. The van der Waals surface area contributed by atoms with Crippen molar-refractivity contribution >= 4 is 11.7 Å². The van der Waals surface area contributed by atoms with Crippen LogP contribution in [0.3, 0.4) is 0 Å². The van der Waals surface area contributed by atoms with Gasteiger partial charge in [-0.25, -0.2) is 4.79 Å². The number of benzene rings is 1. The van der Waals surface area contributed by atoms with E-state index in [9.17, 15) is 4.79 Å². The van der Waals surface area contributed by atoms with Crippen molar-refractivity contribution < 1.29 is 9.90 Å². The van der Waals surface area contributed by atoms with Gasteiger partial charge in [0.15, 0.2) is 5.69 Å². The number of rotatable bonds is 2. The normalized spacial score (nSPS) is 10.0.